The van der Waals surface area contributed by atoms with Crippen molar-refractivity contribution in [3.63, 3.8) is 0 Å². The van der Waals surface area contributed by atoms with Crippen LogP contribution in [0.5, 0.6) is 0 Å². The molecule has 0 aliphatic carbocycles. The molecule has 2 unspecified atom stereocenters. The van der Waals surface area contributed by atoms with Crippen LogP contribution in [0.4, 0.5) is 5.69 Å². The number of amides is 2. The smallest absolute Gasteiger partial charge is 0.245 e. The van der Waals surface area contributed by atoms with Gasteiger partial charge in [-0.3, -0.25) is 9.59 Å². The van der Waals surface area contributed by atoms with Gasteiger partial charge in [0.2, 0.25) is 21.8 Å². The van der Waals surface area contributed by atoms with Crippen LogP contribution in [-0.2, 0) is 32.5 Å². The number of piperidine rings is 1. The average molecular weight is 577 g/mol. The molecule has 0 spiro atoms. The van der Waals surface area contributed by atoms with Crippen LogP contribution in [0.2, 0.25) is 0 Å². The van der Waals surface area contributed by atoms with Crippen LogP contribution in [0.25, 0.3) is 0 Å². The Morgan fingerprint density at radius 3 is 2.64 bits per heavy atom. The second-order valence-electron chi connectivity index (χ2n) is 9.70. The lowest BCUT2D eigenvalue weighted by atomic mass is 9.98. The third kappa shape index (κ3) is 5.84. The molecule has 194 valence electrons. The van der Waals surface area contributed by atoms with Gasteiger partial charge in [0.15, 0.2) is 0 Å². The molecule has 36 heavy (non-hydrogen) atoms. The minimum atomic E-state index is -3.90. The van der Waals surface area contributed by atoms with Gasteiger partial charge in [-0.15, -0.1) is 0 Å². The lowest BCUT2D eigenvalue weighted by Crippen LogP contribution is -2.47. The van der Waals surface area contributed by atoms with Gasteiger partial charge in [0.05, 0.1) is 11.6 Å². The number of hydrogen-bond donors (Lipinski definition) is 1. The van der Waals surface area contributed by atoms with Gasteiger partial charge in [-0.1, -0.05) is 53.2 Å². The highest BCUT2D eigenvalue weighted by molar-refractivity contribution is 9.10. The molecule has 0 bridgehead atoms. The quantitative estimate of drug-likeness (QED) is 0.508. The van der Waals surface area contributed by atoms with Crippen LogP contribution in [0.15, 0.2) is 51.8 Å². The zero-order chi connectivity index (χ0) is 25.9. The summed E-state index contributed by atoms with van der Waals surface area (Å²) in [5, 5.41) is 3.09. The third-order valence-electron chi connectivity index (χ3n) is 7.07. The highest BCUT2D eigenvalue weighted by Gasteiger charge is 2.38. The van der Waals surface area contributed by atoms with Gasteiger partial charge in [-0.2, -0.15) is 4.31 Å². The van der Waals surface area contributed by atoms with Crippen molar-refractivity contribution in [3.8, 4) is 0 Å². The number of carbonyl (C=O) groups is 2. The van der Waals surface area contributed by atoms with E-state index in [1.54, 1.807) is 17.9 Å². The van der Waals surface area contributed by atoms with E-state index in [0.717, 1.165) is 18.4 Å². The number of nitrogens with one attached hydrogen (secondary N) is 1. The molecule has 1 fully saturated rings. The van der Waals surface area contributed by atoms with Crippen molar-refractivity contribution in [3.05, 3.63) is 58.1 Å². The molecule has 0 radical (unpaired) electrons. The average Bonchev–Trinajstić information content (AvgIpc) is 3.30. The van der Waals surface area contributed by atoms with Crippen molar-refractivity contribution < 1.29 is 18.0 Å². The molecular weight excluding hydrogens is 542 g/mol. The number of carbonyl (C=O) groups excluding carboxylic acids is 2. The van der Waals surface area contributed by atoms with Crippen LogP contribution in [0, 0.1) is 5.92 Å². The standard InChI is InChI=1S/C27H34BrN3O4S/c1-3-25(32)31-15-13-21-16-23(28)17-24(26(21)31)36(34,35)30-14-7-10-22(18-30)27(33)29-19(2)11-12-20-8-5-4-6-9-20/h4-6,8-9,16-17,19,22H,3,7,10-15,18H2,1-2H3,(H,29,33). The number of rotatable bonds is 8. The minimum Gasteiger partial charge on any atom is -0.353 e. The molecule has 2 atom stereocenters. The predicted molar refractivity (Wildman–Crippen MR) is 144 cm³/mol. The number of benzene rings is 2. The second kappa shape index (κ2) is 11.4. The predicted octanol–water partition coefficient (Wildman–Crippen LogP) is 4.29. The van der Waals surface area contributed by atoms with Gasteiger partial charge >= 0.3 is 0 Å². The molecule has 1 N–H and O–H groups in total. The molecule has 7 nitrogen and oxygen atoms in total. The summed E-state index contributed by atoms with van der Waals surface area (Å²) in [6.07, 6.45) is 3.88. The van der Waals surface area contributed by atoms with Crippen LogP contribution < -0.4 is 10.2 Å². The summed E-state index contributed by atoms with van der Waals surface area (Å²) in [5.74, 6) is -0.591. The lowest BCUT2D eigenvalue weighted by Gasteiger charge is -2.33. The molecule has 2 amide bonds. The zero-order valence-corrected chi connectivity index (χ0v) is 23.3. The van der Waals surface area contributed by atoms with Crippen molar-refractivity contribution >= 4 is 43.5 Å². The number of anilines is 1. The van der Waals surface area contributed by atoms with Gasteiger partial charge in [-0.05, 0) is 62.3 Å². The van der Waals surface area contributed by atoms with Crippen molar-refractivity contribution in [2.45, 2.75) is 63.3 Å². The summed E-state index contributed by atoms with van der Waals surface area (Å²) < 4.78 is 29.8. The maximum Gasteiger partial charge on any atom is 0.245 e. The fourth-order valence-corrected chi connectivity index (χ4v) is 7.52. The van der Waals surface area contributed by atoms with E-state index in [-0.39, 0.29) is 29.3 Å². The van der Waals surface area contributed by atoms with Crippen molar-refractivity contribution in [1.29, 1.82) is 0 Å². The van der Waals surface area contributed by atoms with Gasteiger partial charge in [0, 0.05) is 36.6 Å². The zero-order valence-electron chi connectivity index (χ0n) is 20.9. The topological polar surface area (TPSA) is 86.8 Å². The first-order chi connectivity index (χ1) is 17.2. The van der Waals surface area contributed by atoms with Gasteiger partial charge in [-0.25, -0.2) is 8.42 Å². The second-order valence-corrected chi connectivity index (χ2v) is 12.5. The van der Waals surface area contributed by atoms with Crippen molar-refractivity contribution in [1.82, 2.24) is 9.62 Å². The van der Waals surface area contributed by atoms with E-state index in [2.05, 4.69) is 33.4 Å². The molecule has 0 saturated carbocycles. The number of hydrogen-bond acceptors (Lipinski definition) is 4. The van der Waals surface area contributed by atoms with Gasteiger partial charge < -0.3 is 10.2 Å². The Hall–Kier alpha value is -2.23. The van der Waals surface area contributed by atoms with Gasteiger partial charge in [0.1, 0.15) is 4.90 Å². The first kappa shape index (κ1) is 26.8. The Morgan fingerprint density at radius 1 is 1.17 bits per heavy atom. The Bertz CT molecular complexity index is 1220. The van der Waals surface area contributed by atoms with E-state index in [4.69, 9.17) is 0 Å². The van der Waals surface area contributed by atoms with E-state index < -0.39 is 15.9 Å². The number of aryl methyl sites for hydroxylation is 1. The summed E-state index contributed by atoms with van der Waals surface area (Å²) in [6.45, 7) is 4.75. The number of halogens is 1. The fraction of sp³-hybridized carbons (Fsp3) is 0.481. The number of nitrogens with zero attached hydrogens (tertiary/aromatic N) is 2. The molecule has 1 saturated heterocycles. The maximum absolute atomic E-state index is 13.8. The fourth-order valence-electron chi connectivity index (χ4n) is 5.08. The lowest BCUT2D eigenvalue weighted by molar-refractivity contribution is -0.126. The van der Waals surface area contributed by atoms with E-state index in [1.807, 2.05) is 31.2 Å². The largest absolute Gasteiger partial charge is 0.353 e. The minimum absolute atomic E-state index is 0.00773. The molecule has 2 aliphatic heterocycles. The van der Waals surface area contributed by atoms with E-state index in [1.165, 1.54) is 9.87 Å². The van der Waals surface area contributed by atoms with Gasteiger partial charge in [0.25, 0.3) is 0 Å². The monoisotopic (exact) mass is 575 g/mol. The van der Waals surface area contributed by atoms with Crippen molar-refractivity contribution in [2.75, 3.05) is 24.5 Å². The summed E-state index contributed by atoms with van der Waals surface area (Å²) in [7, 11) is -3.90. The van der Waals surface area contributed by atoms with Crippen molar-refractivity contribution in [2.24, 2.45) is 5.92 Å². The summed E-state index contributed by atoms with van der Waals surface area (Å²) in [6, 6.07) is 13.6. The third-order valence-corrected chi connectivity index (χ3v) is 9.40. The molecule has 2 heterocycles. The molecule has 2 aliphatic rings. The first-order valence-electron chi connectivity index (χ1n) is 12.7. The molecule has 2 aromatic carbocycles. The summed E-state index contributed by atoms with van der Waals surface area (Å²) in [5.41, 5.74) is 2.57. The van der Waals surface area contributed by atoms with E-state index >= 15 is 0 Å². The number of fused-ring (bicyclic) bond motifs is 1. The van der Waals surface area contributed by atoms with Crippen LogP contribution >= 0.6 is 15.9 Å². The van der Waals surface area contributed by atoms with E-state index in [0.29, 0.717) is 48.9 Å². The molecule has 0 aromatic heterocycles. The van der Waals surface area contributed by atoms with Crippen LogP contribution in [-0.4, -0.2) is 50.2 Å². The highest BCUT2D eigenvalue weighted by atomic mass is 79.9. The van der Waals surface area contributed by atoms with E-state index in [9.17, 15) is 18.0 Å². The Balaban J connectivity index is 1.47. The molecule has 2 aromatic rings. The highest BCUT2D eigenvalue weighted by Crippen LogP contribution is 2.39. The SMILES string of the molecule is CCC(=O)N1CCc2cc(Br)cc(S(=O)(=O)N3CCCC(C(=O)NC(C)CCc4ccccc4)C3)c21. The molecular formula is C27H34BrN3O4S. The summed E-state index contributed by atoms with van der Waals surface area (Å²) >= 11 is 3.45. The normalized spacial score (nSPS) is 19.1. The Labute approximate surface area is 222 Å². The van der Waals surface area contributed by atoms with Crippen LogP contribution in [0.3, 0.4) is 0 Å². The number of sulfonamides is 1. The van der Waals surface area contributed by atoms with Crippen LogP contribution in [0.1, 0.15) is 50.7 Å². The summed E-state index contributed by atoms with van der Waals surface area (Å²) in [4.78, 5) is 27.4. The molecule has 4 rings (SSSR count). The first-order valence-corrected chi connectivity index (χ1v) is 14.9. The maximum atomic E-state index is 13.8. The Morgan fingerprint density at radius 2 is 1.92 bits per heavy atom. The molecule has 9 heteroatoms. The Kier molecular flexibility index (Phi) is 8.52.